The minimum atomic E-state index is -1.67. The molecule has 37 heavy (non-hydrogen) atoms. The van der Waals surface area contributed by atoms with Crippen molar-refractivity contribution in [2.45, 2.75) is 69.2 Å². The molecule has 8 nitrogen and oxygen atoms in total. The highest BCUT2D eigenvalue weighted by atomic mass is 32.2. The molecule has 3 aromatic rings. The van der Waals surface area contributed by atoms with Crippen molar-refractivity contribution in [2.24, 2.45) is 0 Å². The summed E-state index contributed by atoms with van der Waals surface area (Å²) in [6.07, 6.45) is 4.73. The van der Waals surface area contributed by atoms with Crippen LogP contribution in [0.1, 0.15) is 63.1 Å². The van der Waals surface area contributed by atoms with E-state index >= 15 is 0 Å². The lowest BCUT2D eigenvalue weighted by molar-refractivity contribution is -0.140. The highest BCUT2D eigenvalue weighted by Crippen LogP contribution is 2.31. The van der Waals surface area contributed by atoms with Crippen molar-refractivity contribution >= 4 is 28.7 Å². The number of nitrogens with one attached hydrogen (secondary N) is 1. The minimum absolute atomic E-state index is 0.0862. The zero-order chi connectivity index (χ0) is 26.2. The van der Waals surface area contributed by atoms with Gasteiger partial charge in [-0.05, 0) is 68.6 Å². The van der Waals surface area contributed by atoms with E-state index in [0.717, 1.165) is 30.5 Å². The number of fused-ring (bicyclic) bond motifs is 1. The second-order valence-corrected chi connectivity index (χ2v) is 11.3. The zero-order valence-corrected chi connectivity index (χ0v) is 21.5. The maximum atomic E-state index is 14.1. The van der Waals surface area contributed by atoms with E-state index in [9.17, 15) is 23.9 Å². The number of halogens is 1. The van der Waals surface area contributed by atoms with Crippen LogP contribution in [0.25, 0.3) is 11.0 Å². The predicted octanol–water partition coefficient (Wildman–Crippen LogP) is 3.27. The number of aliphatic hydroxyl groups is 1. The molecule has 0 spiro atoms. The van der Waals surface area contributed by atoms with Crippen LogP contribution in [0.5, 0.6) is 0 Å². The van der Waals surface area contributed by atoms with Crippen molar-refractivity contribution in [3.05, 3.63) is 74.8 Å². The highest BCUT2D eigenvalue weighted by molar-refractivity contribution is 7.99. The average molecular weight is 527 g/mol. The van der Waals surface area contributed by atoms with Gasteiger partial charge in [0, 0.05) is 18.1 Å². The van der Waals surface area contributed by atoms with Crippen LogP contribution in [0.3, 0.4) is 0 Å². The molecule has 196 valence electrons. The molecule has 3 heterocycles. The van der Waals surface area contributed by atoms with Crippen molar-refractivity contribution in [2.75, 3.05) is 11.5 Å². The molecule has 1 saturated heterocycles. The molecule has 2 aliphatic rings. The van der Waals surface area contributed by atoms with Gasteiger partial charge in [-0.15, -0.1) is 0 Å². The number of amides is 1. The summed E-state index contributed by atoms with van der Waals surface area (Å²) in [7, 11) is 0. The van der Waals surface area contributed by atoms with Crippen LogP contribution in [-0.4, -0.2) is 42.7 Å². The Morgan fingerprint density at radius 1 is 1.05 bits per heavy atom. The van der Waals surface area contributed by atoms with Gasteiger partial charge in [0.2, 0.25) is 0 Å². The molecule has 1 aliphatic heterocycles. The summed E-state index contributed by atoms with van der Waals surface area (Å²) in [4.78, 5) is 44.2. The lowest BCUT2D eigenvalue weighted by atomic mass is 9.89. The van der Waals surface area contributed by atoms with Crippen LogP contribution in [0.15, 0.2) is 52.2 Å². The number of carbonyl (C=O) groups is 1. The SMILES string of the molecule is C[C@](O)(C(=O)NC1CCC(n2c(=O)c3cc(F)cnc3n(C3CCSCC3)c2=O)CC1)c1ccccc1. The topological polar surface area (TPSA) is 106 Å². The molecule has 2 fully saturated rings. The first-order valence-corrected chi connectivity index (χ1v) is 13.9. The van der Waals surface area contributed by atoms with Gasteiger partial charge in [-0.1, -0.05) is 30.3 Å². The van der Waals surface area contributed by atoms with Crippen molar-refractivity contribution in [3.8, 4) is 0 Å². The average Bonchev–Trinajstić information content (AvgIpc) is 2.91. The maximum Gasteiger partial charge on any atom is 0.333 e. The first-order chi connectivity index (χ1) is 17.8. The Morgan fingerprint density at radius 2 is 1.70 bits per heavy atom. The molecule has 2 aromatic heterocycles. The standard InChI is InChI=1S/C27H31FN4O4S/c1-27(36,17-5-3-2-4-6-17)25(34)30-19-7-9-20(10-8-19)32-24(33)22-15-18(28)16-29-23(22)31(26(32)35)21-11-13-37-14-12-21/h2-6,15-16,19-21,36H,7-14H2,1H3,(H,30,34)/t19?,20?,27-/m1/s1. The van der Waals surface area contributed by atoms with Crippen LogP contribution < -0.4 is 16.6 Å². The minimum Gasteiger partial charge on any atom is -0.376 e. The number of aromatic nitrogens is 3. The zero-order valence-electron chi connectivity index (χ0n) is 20.7. The summed E-state index contributed by atoms with van der Waals surface area (Å²) >= 11 is 1.83. The first kappa shape index (κ1) is 25.7. The van der Waals surface area contributed by atoms with E-state index in [1.54, 1.807) is 28.8 Å². The third-order valence-corrected chi connectivity index (χ3v) is 8.70. The Kier molecular flexibility index (Phi) is 7.22. The summed E-state index contributed by atoms with van der Waals surface area (Å²) in [6, 6.07) is 9.30. The van der Waals surface area contributed by atoms with Gasteiger partial charge in [-0.3, -0.25) is 18.7 Å². The molecule has 0 unspecified atom stereocenters. The van der Waals surface area contributed by atoms with Crippen molar-refractivity contribution < 1.29 is 14.3 Å². The van der Waals surface area contributed by atoms with Crippen LogP contribution in [-0.2, 0) is 10.4 Å². The number of rotatable bonds is 5. The lowest BCUT2D eigenvalue weighted by Gasteiger charge is -2.33. The van der Waals surface area contributed by atoms with E-state index in [1.807, 2.05) is 17.8 Å². The second-order valence-electron chi connectivity index (χ2n) is 10.1. The second kappa shape index (κ2) is 10.4. The Morgan fingerprint density at radius 3 is 2.38 bits per heavy atom. The van der Waals surface area contributed by atoms with E-state index in [0.29, 0.717) is 31.2 Å². The van der Waals surface area contributed by atoms with E-state index in [2.05, 4.69) is 10.3 Å². The summed E-state index contributed by atoms with van der Waals surface area (Å²) in [5, 5.41) is 13.9. The number of hydrogen-bond donors (Lipinski definition) is 2. The van der Waals surface area contributed by atoms with Crippen molar-refractivity contribution in [3.63, 3.8) is 0 Å². The quantitative estimate of drug-likeness (QED) is 0.529. The van der Waals surface area contributed by atoms with Crippen molar-refractivity contribution in [1.29, 1.82) is 0 Å². The van der Waals surface area contributed by atoms with Gasteiger partial charge in [-0.2, -0.15) is 11.8 Å². The molecule has 1 aromatic carbocycles. The van der Waals surface area contributed by atoms with Crippen molar-refractivity contribution in [1.82, 2.24) is 19.4 Å². The number of hydrogen-bond acceptors (Lipinski definition) is 6. The molecule has 1 amide bonds. The molecule has 1 aliphatic carbocycles. The smallest absolute Gasteiger partial charge is 0.333 e. The fourth-order valence-electron chi connectivity index (χ4n) is 5.50. The molecular formula is C27H31FN4O4S. The van der Waals surface area contributed by atoms with Gasteiger partial charge in [0.1, 0.15) is 11.5 Å². The Hall–Kier alpha value is -2.98. The molecule has 1 saturated carbocycles. The molecule has 0 bridgehead atoms. The Bertz CT molecular complexity index is 1410. The number of thioether (sulfide) groups is 1. The van der Waals surface area contributed by atoms with E-state index in [1.165, 1.54) is 17.6 Å². The fourth-order valence-corrected chi connectivity index (χ4v) is 6.58. The van der Waals surface area contributed by atoms with Crippen LogP contribution >= 0.6 is 11.8 Å². The highest BCUT2D eigenvalue weighted by Gasteiger charge is 2.35. The van der Waals surface area contributed by atoms with Crippen LogP contribution in [0.2, 0.25) is 0 Å². The third kappa shape index (κ3) is 4.96. The third-order valence-electron chi connectivity index (χ3n) is 7.65. The van der Waals surface area contributed by atoms with E-state index < -0.39 is 28.6 Å². The fraction of sp³-hybridized carbons (Fsp3) is 0.481. The van der Waals surface area contributed by atoms with Gasteiger partial charge in [-0.25, -0.2) is 14.2 Å². The molecule has 2 N–H and O–H groups in total. The molecule has 10 heteroatoms. The maximum absolute atomic E-state index is 14.1. The summed E-state index contributed by atoms with van der Waals surface area (Å²) in [5.41, 5.74) is -1.84. The summed E-state index contributed by atoms with van der Waals surface area (Å²) < 4.78 is 17.0. The molecule has 5 rings (SSSR count). The van der Waals surface area contributed by atoms with Crippen LogP contribution in [0, 0.1) is 5.82 Å². The predicted molar refractivity (Wildman–Crippen MR) is 141 cm³/mol. The summed E-state index contributed by atoms with van der Waals surface area (Å²) in [5.74, 6) is 0.731. The van der Waals surface area contributed by atoms with Gasteiger partial charge >= 0.3 is 5.69 Å². The number of carbonyl (C=O) groups excluding carboxylic acids is 1. The summed E-state index contributed by atoms with van der Waals surface area (Å²) in [6.45, 7) is 1.47. The van der Waals surface area contributed by atoms with E-state index in [-0.39, 0.29) is 29.2 Å². The van der Waals surface area contributed by atoms with E-state index in [4.69, 9.17) is 0 Å². The first-order valence-electron chi connectivity index (χ1n) is 12.8. The molecule has 1 atom stereocenters. The number of pyridine rings is 1. The van der Waals surface area contributed by atoms with Gasteiger partial charge in [0.05, 0.1) is 11.6 Å². The lowest BCUT2D eigenvalue weighted by Crippen LogP contribution is -2.49. The molecule has 0 radical (unpaired) electrons. The monoisotopic (exact) mass is 526 g/mol. The van der Waals surface area contributed by atoms with Gasteiger partial charge < -0.3 is 10.4 Å². The molecular weight excluding hydrogens is 495 g/mol. The van der Waals surface area contributed by atoms with Gasteiger partial charge in [0.25, 0.3) is 11.5 Å². The van der Waals surface area contributed by atoms with Crippen LogP contribution in [0.4, 0.5) is 4.39 Å². The number of nitrogens with zero attached hydrogens (tertiary/aromatic N) is 3. The number of benzene rings is 1. The Balaban J connectivity index is 1.39. The van der Waals surface area contributed by atoms with Gasteiger partial charge in [0.15, 0.2) is 5.60 Å². The largest absolute Gasteiger partial charge is 0.376 e. The normalized spacial score (nSPS) is 22.5. The Labute approximate surface area is 217 Å².